The van der Waals surface area contributed by atoms with Crippen LogP contribution in [0.5, 0.6) is 0 Å². The fraction of sp³-hybridized carbons (Fsp3) is 0.500. The Morgan fingerprint density at radius 1 is 1.69 bits per heavy atom. The molecule has 13 heavy (non-hydrogen) atoms. The van der Waals surface area contributed by atoms with E-state index in [1.54, 1.807) is 11.1 Å². The van der Waals surface area contributed by atoms with Gasteiger partial charge in [-0.25, -0.2) is 4.39 Å². The molecule has 0 amide bonds. The predicted molar refractivity (Wildman–Crippen MR) is 49.3 cm³/mol. The summed E-state index contributed by atoms with van der Waals surface area (Å²) in [7, 11) is 0. The molecule has 1 aliphatic rings. The number of pyridine rings is 1. The second-order valence-electron chi connectivity index (χ2n) is 3.36. The molecule has 2 rings (SSSR count). The van der Waals surface area contributed by atoms with Crippen molar-refractivity contribution in [3.8, 4) is 0 Å². The van der Waals surface area contributed by atoms with E-state index in [4.69, 9.17) is 0 Å². The van der Waals surface area contributed by atoms with Gasteiger partial charge in [-0.3, -0.25) is 4.98 Å². The number of halogens is 1. The van der Waals surface area contributed by atoms with Crippen LogP contribution < -0.4 is 4.90 Å². The molecule has 0 spiro atoms. The highest BCUT2D eigenvalue weighted by molar-refractivity contribution is 5.51. The average molecular weight is 179 g/mol. The number of aromatic nitrogens is 1. The van der Waals surface area contributed by atoms with Gasteiger partial charge in [0.15, 0.2) is 6.30 Å². The SMILES string of the molecule is Cc1ccn[c]c1N1CCCC1F. The molecule has 1 aromatic heterocycles. The second-order valence-corrected chi connectivity index (χ2v) is 3.36. The smallest absolute Gasteiger partial charge is 0.172 e. The number of hydrogen-bond acceptors (Lipinski definition) is 2. The largest absolute Gasteiger partial charge is 0.340 e. The summed E-state index contributed by atoms with van der Waals surface area (Å²) in [5.41, 5.74) is 1.85. The van der Waals surface area contributed by atoms with E-state index in [0.717, 1.165) is 24.2 Å². The van der Waals surface area contributed by atoms with Gasteiger partial charge in [-0.15, -0.1) is 0 Å². The van der Waals surface area contributed by atoms with Gasteiger partial charge in [0.05, 0.1) is 5.69 Å². The van der Waals surface area contributed by atoms with Gasteiger partial charge < -0.3 is 4.90 Å². The van der Waals surface area contributed by atoms with Crippen LogP contribution in [0, 0.1) is 13.1 Å². The van der Waals surface area contributed by atoms with Gasteiger partial charge in [0.2, 0.25) is 0 Å². The molecule has 0 aromatic carbocycles. The molecule has 1 fully saturated rings. The summed E-state index contributed by atoms with van der Waals surface area (Å²) in [5.74, 6) is 0. The van der Waals surface area contributed by atoms with E-state index in [1.807, 2.05) is 13.0 Å². The summed E-state index contributed by atoms with van der Waals surface area (Å²) in [6, 6.07) is 1.89. The molecule has 69 valence electrons. The molecule has 0 bridgehead atoms. The molecule has 3 heteroatoms. The summed E-state index contributed by atoms with van der Waals surface area (Å²) in [6.07, 6.45) is 5.23. The van der Waals surface area contributed by atoms with Gasteiger partial charge >= 0.3 is 0 Å². The highest BCUT2D eigenvalue weighted by Gasteiger charge is 2.25. The molecule has 1 unspecified atom stereocenters. The summed E-state index contributed by atoms with van der Waals surface area (Å²) < 4.78 is 13.3. The van der Waals surface area contributed by atoms with Crippen LogP contribution in [0.3, 0.4) is 0 Å². The summed E-state index contributed by atoms with van der Waals surface area (Å²) >= 11 is 0. The number of hydrogen-bond donors (Lipinski definition) is 0. The Morgan fingerprint density at radius 2 is 2.54 bits per heavy atom. The van der Waals surface area contributed by atoms with Crippen LogP contribution in [0.25, 0.3) is 0 Å². The number of rotatable bonds is 1. The Labute approximate surface area is 77.4 Å². The van der Waals surface area contributed by atoms with Crippen molar-refractivity contribution in [1.82, 2.24) is 4.98 Å². The molecule has 2 heterocycles. The molecule has 1 aromatic rings. The van der Waals surface area contributed by atoms with Crippen molar-refractivity contribution < 1.29 is 4.39 Å². The predicted octanol–water partition coefficient (Wildman–Crippen LogP) is 2.09. The zero-order chi connectivity index (χ0) is 9.26. The van der Waals surface area contributed by atoms with Crippen LogP contribution in [0.1, 0.15) is 18.4 Å². The Bertz CT molecular complexity index is 301. The van der Waals surface area contributed by atoms with Gasteiger partial charge in [-0.1, -0.05) is 0 Å². The molecule has 1 aliphatic heterocycles. The maximum atomic E-state index is 13.3. The minimum absolute atomic E-state index is 0.627. The lowest BCUT2D eigenvalue weighted by molar-refractivity contribution is 0.345. The summed E-state index contributed by atoms with van der Waals surface area (Å²) in [5, 5.41) is 0. The molecule has 1 radical (unpaired) electrons. The number of anilines is 1. The fourth-order valence-electron chi connectivity index (χ4n) is 1.68. The van der Waals surface area contributed by atoms with Crippen molar-refractivity contribution in [2.24, 2.45) is 0 Å². The first-order valence-electron chi connectivity index (χ1n) is 4.53. The lowest BCUT2D eigenvalue weighted by Gasteiger charge is -2.21. The maximum Gasteiger partial charge on any atom is 0.172 e. The van der Waals surface area contributed by atoms with Crippen molar-refractivity contribution >= 4 is 5.69 Å². The fourth-order valence-corrected chi connectivity index (χ4v) is 1.68. The van der Waals surface area contributed by atoms with E-state index < -0.39 is 6.30 Å². The number of alkyl halides is 1. The summed E-state index contributed by atoms with van der Waals surface area (Å²) in [4.78, 5) is 5.63. The molecule has 2 nitrogen and oxygen atoms in total. The van der Waals surface area contributed by atoms with Gasteiger partial charge in [-0.2, -0.15) is 0 Å². The lowest BCUT2D eigenvalue weighted by atomic mass is 10.2. The van der Waals surface area contributed by atoms with E-state index in [0.29, 0.717) is 6.42 Å². The maximum absolute atomic E-state index is 13.3. The summed E-state index contributed by atoms with van der Waals surface area (Å²) in [6.45, 7) is 2.74. The first-order chi connectivity index (χ1) is 6.29. The van der Waals surface area contributed by atoms with Crippen molar-refractivity contribution in [3.05, 3.63) is 24.0 Å². The molecular weight excluding hydrogens is 167 g/mol. The topological polar surface area (TPSA) is 16.1 Å². The van der Waals surface area contributed by atoms with E-state index in [-0.39, 0.29) is 0 Å². The molecular formula is C10H12FN2. The lowest BCUT2D eigenvalue weighted by Crippen LogP contribution is -2.26. The van der Waals surface area contributed by atoms with Crippen LogP contribution in [0.4, 0.5) is 10.1 Å². The Morgan fingerprint density at radius 3 is 3.15 bits per heavy atom. The van der Waals surface area contributed by atoms with Gasteiger partial charge in [0.25, 0.3) is 0 Å². The first-order valence-corrected chi connectivity index (χ1v) is 4.53. The van der Waals surface area contributed by atoms with E-state index in [9.17, 15) is 4.39 Å². The van der Waals surface area contributed by atoms with E-state index >= 15 is 0 Å². The van der Waals surface area contributed by atoms with Crippen LogP contribution in [0.2, 0.25) is 0 Å². The van der Waals surface area contributed by atoms with E-state index in [1.165, 1.54) is 0 Å². The van der Waals surface area contributed by atoms with Gasteiger partial charge in [-0.05, 0) is 31.4 Å². The standard InChI is InChI=1S/C10H12FN2/c1-8-4-5-12-7-9(8)13-6-2-3-10(13)11/h4-5,10H,2-3,6H2,1H3. The van der Waals surface area contributed by atoms with E-state index in [2.05, 4.69) is 11.2 Å². The Balaban J connectivity index is 2.29. The molecule has 1 atom stereocenters. The minimum atomic E-state index is -0.848. The normalized spacial score (nSPS) is 22.3. The molecule has 1 saturated heterocycles. The second kappa shape index (κ2) is 3.32. The zero-order valence-electron chi connectivity index (χ0n) is 7.63. The average Bonchev–Trinajstić information content (AvgIpc) is 2.52. The quantitative estimate of drug-likeness (QED) is 0.613. The third-order valence-electron chi connectivity index (χ3n) is 2.41. The number of aryl methyl sites for hydroxylation is 1. The Kier molecular flexibility index (Phi) is 2.17. The van der Waals surface area contributed by atoms with Crippen LogP contribution in [-0.4, -0.2) is 17.8 Å². The van der Waals surface area contributed by atoms with Crippen LogP contribution in [0.15, 0.2) is 12.3 Å². The van der Waals surface area contributed by atoms with Crippen molar-refractivity contribution in [2.45, 2.75) is 26.1 Å². The highest BCUT2D eigenvalue weighted by atomic mass is 19.1. The molecule has 0 saturated carbocycles. The highest BCUT2D eigenvalue weighted by Crippen LogP contribution is 2.27. The van der Waals surface area contributed by atoms with Crippen LogP contribution in [-0.2, 0) is 0 Å². The third-order valence-corrected chi connectivity index (χ3v) is 2.41. The van der Waals surface area contributed by atoms with Crippen LogP contribution >= 0.6 is 0 Å². The third kappa shape index (κ3) is 1.50. The van der Waals surface area contributed by atoms with Gasteiger partial charge in [0, 0.05) is 12.7 Å². The van der Waals surface area contributed by atoms with Crippen molar-refractivity contribution in [1.29, 1.82) is 0 Å². The molecule has 0 aliphatic carbocycles. The zero-order valence-corrected chi connectivity index (χ0v) is 7.63. The monoisotopic (exact) mass is 179 g/mol. The molecule has 0 N–H and O–H groups in total. The van der Waals surface area contributed by atoms with Crippen molar-refractivity contribution in [2.75, 3.05) is 11.4 Å². The Hall–Kier alpha value is -1.12. The minimum Gasteiger partial charge on any atom is -0.340 e. The number of nitrogens with zero attached hydrogens (tertiary/aromatic N) is 2. The first kappa shape index (κ1) is 8.48. The van der Waals surface area contributed by atoms with Gasteiger partial charge in [0.1, 0.15) is 6.20 Å². The van der Waals surface area contributed by atoms with Crippen molar-refractivity contribution in [3.63, 3.8) is 0 Å².